The number of aromatic nitrogens is 1. The highest BCUT2D eigenvalue weighted by Gasteiger charge is 2.30. The summed E-state index contributed by atoms with van der Waals surface area (Å²) in [5.74, 6) is -0.910. The topological polar surface area (TPSA) is 88.2 Å². The molecule has 10 heteroatoms. The third kappa shape index (κ3) is 4.69. The van der Waals surface area contributed by atoms with Crippen molar-refractivity contribution in [2.45, 2.75) is 24.4 Å². The largest absolute Gasteiger partial charge is 0.416 e. The van der Waals surface area contributed by atoms with Gasteiger partial charge < -0.3 is 5.32 Å². The standard InChI is InChI=1S/C15H14F3N3O3S/c1-2-13(22)21-25(23,24)12-7-4-8-19-14(12)20-11-6-3-5-10(9-11)15(16,17)18/h3-9H,2H2,1H3,(H,19,20)(H,21,22). The van der Waals surface area contributed by atoms with E-state index < -0.39 is 27.7 Å². The first kappa shape index (κ1) is 18.7. The van der Waals surface area contributed by atoms with Crippen molar-refractivity contribution in [3.63, 3.8) is 0 Å². The molecule has 1 heterocycles. The first-order valence-corrected chi connectivity index (χ1v) is 8.56. The summed E-state index contributed by atoms with van der Waals surface area (Å²) in [6.07, 6.45) is -3.31. The van der Waals surface area contributed by atoms with Crippen LogP contribution in [-0.4, -0.2) is 19.3 Å². The Morgan fingerprint density at radius 2 is 1.92 bits per heavy atom. The van der Waals surface area contributed by atoms with Gasteiger partial charge in [-0.15, -0.1) is 0 Å². The first-order valence-electron chi connectivity index (χ1n) is 7.08. The molecule has 2 rings (SSSR count). The number of anilines is 2. The molecule has 0 unspecified atom stereocenters. The molecular formula is C15H14F3N3O3S. The minimum atomic E-state index is -4.54. The summed E-state index contributed by atoms with van der Waals surface area (Å²) in [5, 5.41) is 2.54. The molecule has 25 heavy (non-hydrogen) atoms. The Hall–Kier alpha value is -2.62. The van der Waals surface area contributed by atoms with Crippen LogP contribution in [0.5, 0.6) is 0 Å². The number of halogens is 3. The Morgan fingerprint density at radius 3 is 2.56 bits per heavy atom. The molecule has 6 nitrogen and oxygen atoms in total. The van der Waals surface area contributed by atoms with Gasteiger partial charge in [0.05, 0.1) is 5.56 Å². The van der Waals surface area contributed by atoms with Crippen molar-refractivity contribution in [1.82, 2.24) is 9.71 Å². The fourth-order valence-corrected chi connectivity index (χ4v) is 3.06. The third-order valence-corrected chi connectivity index (χ3v) is 4.49. The van der Waals surface area contributed by atoms with E-state index in [1.54, 1.807) is 0 Å². The molecule has 0 atom stereocenters. The summed E-state index contributed by atoms with van der Waals surface area (Å²) < 4.78 is 64.7. The van der Waals surface area contributed by atoms with Crippen LogP contribution in [0.1, 0.15) is 18.9 Å². The molecule has 0 spiro atoms. The van der Waals surface area contributed by atoms with E-state index in [4.69, 9.17) is 0 Å². The Labute approximate surface area is 142 Å². The number of pyridine rings is 1. The average molecular weight is 373 g/mol. The van der Waals surface area contributed by atoms with E-state index in [1.165, 1.54) is 37.4 Å². The number of nitrogens with one attached hydrogen (secondary N) is 2. The van der Waals surface area contributed by atoms with Gasteiger partial charge in [0, 0.05) is 18.3 Å². The van der Waals surface area contributed by atoms with E-state index in [-0.39, 0.29) is 22.8 Å². The molecule has 0 aliphatic heterocycles. The number of hydrogen-bond acceptors (Lipinski definition) is 5. The van der Waals surface area contributed by atoms with Crippen molar-refractivity contribution >= 4 is 27.4 Å². The average Bonchev–Trinajstić information content (AvgIpc) is 2.54. The number of sulfonamides is 1. The van der Waals surface area contributed by atoms with Crippen molar-refractivity contribution in [3.8, 4) is 0 Å². The maximum atomic E-state index is 12.8. The fourth-order valence-electron chi connectivity index (χ4n) is 1.89. The number of amides is 1. The van der Waals surface area contributed by atoms with Crippen molar-refractivity contribution in [1.29, 1.82) is 0 Å². The molecule has 0 saturated carbocycles. The summed E-state index contributed by atoms with van der Waals surface area (Å²) >= 11 is 0. The zero-order valence-corrected chi connectivity index (χ0v) is 13.8. The number of benzene rings is 1. The van der Waals surface area contributed by atoms with Gasteiger partial charge in [0.1, 0.15) is 4.90 Å². The van der Waals surface area contributed by atoms with Gasteiger partial charge in [-0.2, -0.15) is 13.2 Å². The number of carbonyl (C=O) groups excluding carboxylic acids is 1. The molecule has 1 aromatic heterocycles. The number of alkyl halides is 3. The van der Waals surface area contributed by atoms with E-state index in [0.717, 1.165) is 12.1 Å². The fraction of sp³-hybridized carbons (Fsp3) is 0.200. The molecule has 1 aromatic carbocycles. The molecule has 2 aromatic rings. The van der Waals surface area contributed by atoms with Gasteiger partial charge in [0.25, 0.3) is 10.0 Å². The SMILES string of the molecule is CCC(=O)NS(=O)(=O)c1cccnc1Nc1cccc(C(F)(F)F)c1. The normalized spacial score (nSPS) is 11.8. The number of hydrogen-bond donors (Lipinski definition) is 2. The summed E-state index contributed by atoms with van der Waals surface area (Å²) in [5.41, 5.74) is -0.885. The summed E-state index contributed by atoms with van der Waals surface area (Å²) in [6.45, 7) is 1.48. The molecule has 0 aliphatic rings. The van der Waals surface area contributed by atoms with Crippen LogP contribution in [0.15, 0.2) is 47.5 Å². The lowest BCUT2D eigenvalue weighted by Gasteiger charge is -2.13. The molecule has 0 radical (unpaired) electrons. The monoisotopic (exact) mass is 373 g/mol. The van der Waals surface area contributed by atoms with Gasteiger partial charge in [-0.3, -0.25) is 4.79 Å². The van der Waals surface area contributed by atoms with Crippen LogP contribution >= 0.6 is 0 Å². The van der Waals surface area contributed by atoms with Gasteiger partial charge in [0.2, 0.25) is 5.91 Å². The second kappa shape index (κ2) is 7.09. The van der Waals surface area contributed by atoms with Crippen molar-refractivity contribution < 1.29 is 26.4 Å². The summed E-state index contributed by atoms with van der Waals surface area (Å²) in [4.78, 5) is 14.9. The minimum absolute atomic E-state index is 0.00629. The lowest BCUT2D eigenvalue weighted by Crippen LogP contribution is -2.30. The Morgan fingerprint density at radius 1 is 1.20 bits per heavy atom. The predicted octanol–water partition coefficient (Wildman–Crippen LogP) is 3.06. The van der Waals surface area contributed by atoms with Crippen LogP contribution in [0, 0.1) is 0 Å². The van der Waals surface area contributed by atoms with Gasteiger partial charge >= 0.3 is 6.18 Å². The smallest absolute Gasteiger partial charge is 0.339 e. The second-order valence-electron chi connectivity index (χ2n) is 4.94. The van der Waals surface area contributed by atoms with Crippen LogP contribution in [0.25, 0.3) is 0 Å². The maximum absolute atomic E-state index is 12.8. The number of rotatable bonds is 5. The quantitative estimate of drug-likeness (QED) is 0.841. The van der Waals surface area contributed by atoms with E-state index >= 15 is 0 Å². The van der Waals surface area contributed by atoms with E-state index in [9.17, 15) is 26.4 Å². The molecule has 0 aliphatic carbocycles. The van der Waals surface area contributed by atoms with Crippen LogP contribution in [-0.2, 0) is 21.0 Å². The molecular weight excluding hydrogens is 359 g/mol. The van der Waals surface area contributed by atoms with Crippen molar-refractivity contribution in [2.24, 2.45) is 0 Å². The Balaban J connectivity index is 2.38. The lowest BCUT2D eigenvalue weighted by molar-refractivity contribution is -0.137. The van der Waals surface area contributed by atoms with Crippen LogP contribution in [0.3, 0.4) is 0 Å². The van der Waals surface area contributed by atoms with Gasteiger partial charge in [-0.1, -0.05) is 13.0 Å². The van der Waals surface area contributed by atoms with E-state index in [0.29, 0.717) is 0 Å². The second-order valence-corrected chi connectivity index (χ2v) is 6.59. The van der Waals surface area contributed by atoms with Crippen molar-refractivity contribution in [3.05, 3.63) is 48.2 Å². The summed E-state index contributed by atoms with van der Waals surface area (Å²) in [7, 11) is -4.21. The zero-order chi connectivity index (χ0) is 18.7. The van der Waals surface area contributed by atoms with Crippen LogP contribution in [0.4, 0.5) is 24.7 Å². The number of carbonyl (C=O) groups is 1. The zero-order valence-electron chi connectivity index (χ0n) is 13.0. The van der Waals surface area contributed by atoms with Gasteiger partial charge in [-0.05, 0) is 30.3 Å². The molecule has 2 N–H and O–H groups in total. The molecule has 0 fully saturated rings. The van der Waals surface area contributed by atoms with Gasteiger partial charge in [0.15, 0.2) is 5.82 Å². The third-order valence-electron chi connectivity index (χ3n) is 3.08. The predicted molar refractivity (Wildman–Crippen MR) is 84.6 cm³/mol. The number of nitrogens with zero attached hydrogens (tertiary/aromatic N) is 1. The minimum Gasteiger partial charge on any atom is -0.339 e. The highest BCUT2D eigenvalue weighted by Crippen LogP contribution is 2.31. The van der Waals surface area contributed by atoms with E-state index in [2.05, 4.69) is 10.3 Å². The highest BCUT2D eigenvalue weighted by atomic mass is 32.2. The van der Waals surface area contributed by atoms with E-state index in [1.807, 2.05) is 4.72 Å². The molecule has 0 bridgehead atoms. The Bertz CT molecular complexity index is 883. The van der Waals surface area contributed by atoms with Crippen LogP contribution < -0.4 is 10.0 Å². The lowest BCUT2D eigenvalue weighted by atomic mass is 10.2. The summed E-state index contributed by atoms with van der Waals surface area (Å²) in [6, 6.07) is 6.76. The maximum Gasteiger partial charge on any atom is 0.416 e. The first-order chi connectivity index (χ1) is 11.6. The molecule has 1 amide bonds. The Kier molecular flexibility index (Phi) is 5.31. The van der Waals surface area contributed by atoms with Gasteiger partial charge in [-0.25, -0.2) is 18.1 Å². The molecule has 0 saturated heterocycles. The molecule has 134 valence electrons. The highest BCUT2D eigenvalue weighted by molar-refractivity contribution is 7.90. The van der Waals surface area contributed by atoms with Crippen molar-refractivity contribution in [2.75, 3.05) is 5.32 Å². The van der Waals surface area contributed by atoms with Crippen LogP contribution in [0.2, 0.25) is 0 Å².